The lowest BCUT2D eigenvalue weighted by Crippen LogP contribution is -2.44. The third-order valence-corrected chi connectivity index (χ3v) is 8.88. The number of alkyl halides is 3. The lowest BCUT2D eigenvalue weighted by atomic mass is 10.0. The summed E-state index contributed by atoms with van der Waals surface area (Å²) in [4.78, 5) is 33.2. The fraction of sp³-hybridized carbons (Fsp3) is 0.310. The number of hydrogen-bond donors (Lipinski definition) is 5. The second kappa shape index (κ2) is 11.1. The zero-order valence-electron chi connectivity index (χ0n) is 22.6. The number of halogens is 3. The van der Waals surface area contributed by atoms with Gasteiger partial charge in [0.2, 0.25) is 5.91 Å². The van der Waals surface area contributed by atoms with Crippen molar-refractivity contribution in [2.75, 3.05) is 35.6 Å². The van der Waals surface area contributed by atoms with Gasteiger partial charge in [0.25, 0.3) is 0 Å². The number of carbonyl (C=O) groups excluding carboxylic acids is 1. The number of nitrogens with one attached hydrogen (secondary N) is 2. The summed E-state index contributed by atoms with van der Waals surface area (Å²) in [6.07, 6.45) is -2.37. The number of fused-ring (bicyclic) bond motifs is 2. The van der Waals surface area contributed by atoms with E-state index in [0.717, 1.165) is 28.4 Å². The molecule has 43 heavy (non-hydrogen) atoms. The number of amides is 1. The molecule has 0 radical (unpaired) electrons. The predicted molar refractivity (Wildman–Crippen MR) is 156 cm³/mol. The lowest BCUT2D eigenvalue weighted by Gasteiger charge is -2.34. The monoisotopic (exact) mass is 612 g/mol. The standard InChI is InChI=1S/C29H27F3N6O4S/c30-29(31,32)18-11-22(37-27-24(18)25(33)26(43-27)28(41)42)38-7-5-17(6-8-38)34-13-21(39)20-4-2-15(12-35-20)14-1-3-19-16(9-14)10-23(40)36-19/h1-4,9,11-12,17,21,34,39H,5-8,10,13,33H2,(H,36,40)(H,41,42). The highest BCUT2D eigenvalue weighted by Gasteiger charge is 2.37. The van der Waals surface area contributed by atoms with Crippen molar-refractivity contribution >= 4 is 50.6 Å². The van der Waals surface area contributed by atoms with Gasteiger partial charge in [-0.2, -0.15) is 13.2 Å². The van der Waals surface area contributed by atoms with Crippen LogP contribution in [0.3, 0.4) is 0 Å². The molecule has 1 fully saturated rings. The van der Waals surface area contributed by atoms with Gasteiger partial charge in [-0.15, -0.1) is 11.3 Å². The molecule has 2 aliphatic rings. The highest BCUT2D eigenvalue weighted by atomic mass is 32.1. The van der Waals surface area contributed by atoms with Crippen LogP contribution in [0.1, 0.15) is 45.4 Å². The van der Waals surface area contributed by atoms with E-state index < -0.39 is 29.5 Å². The van der Waals surface area contributed by atoms with E-state index in [-0.39, 0.29) is 39.4 Å². The van der Waals surface area contributed by atoms with Crippen LogP contribution < -0.4 is 21.3 Å². The number of piperidine rings is 1. The minimum absolute atomic E-state index is 0.0229. The van der Waals surface area contributed by atoms with E-state index in [1.54, 1.807) is 17.2 Å². The first kappa shape index (κ1) is 28.8. The van der Waals surface area contributed by atoms with Crippen molar-refractivity contribution in [1.82, 2.24) is 15.3 Å². The number of carboxylic acid groups (broad SMARTS) is 1. The highest BCUT2D eigenvalue weighted by Crippen LogP contribution is 2.43. The number of aliphatic hydroxyl groups is 1. The molecule has 2 aliphatic heterocycles. The van der Waals surface area contributed by atoms with Crippen molar-refractivity contribution in [2.45, 2.75) is 37.6 Å². The van der Waals surface area contributed by atoms with Crippen LogP contribution in [0.4, 0.5) is 30.4 Å². The topological polar surface area (TPSA) is 154 Å². The van der Waals surface area contributed by atoms with E-state index in [1.165, 1.54) is 0 Å². The normalized spacial score (nSPS) is 16.4. The number of thiophene rings is 1. The van der Waals surface area contributed by atoms with Gasteiger partial charge in [-0.3, -0.25) is 9.78 Å². The number of carbonyl (C=O) groups is 2. The van der Waals surface area contributed by atoms with Gasteiger partial charge in [-0.05, 0) is 48.2 Å². The van der Waals surface area contributed by atoms with Crippen LogP contribution in [0.15, 0.2) is 42.6 Å². The number of pyridine rings is 2. The zero-order chi connectivity index (χ0) is 30.5. The van der Waals surface area contributed by atoms with Gasteiger partial charge in [-0.1, -0.05) is 12.1 Å². The summed E-state index contributed by atoms with van der Waals surface area (Å²) in [5.74, 6) is -1.31. The first-order valence-electron chi connectivity index (χ1n) is 13.6. The summed E-state index contributed by atoms with van der Waals surface area (Å²) in [5, 5.41) is 25.8. The van der Waals surface area contributed by atoms with Gasteiger partial charge in [0.15, 0.2) is 0 Å². The Labute approximate surface area is 247 Å². The molecule has 0 aliphatic carbocycles. The Kier molecular flexibility index (Phi) is 7.44. The molecule has 224 valence electrons. The quantitative estimate of drug-likeness (QED) is 0.204. The molecule has 0 spiro atoms. The molecule has 6 N–H and O–H groups in total. The Morgan fingerprint density at radius 3 is 2.60 bits per heavy atom. The molecular formula is C29H27F3N6O4S. The minimum atomic E-state index is -4.73. The van der Waals surface area contributed by atoms with Gasteiger partial charge in [0, 0.05) is 48.5 Å². The van der Waals surface area contributed by atoms with Crippen molar-refractivity contribution < 1.29 is 33.0 Å². The molecule has 5 heterocycles. The van der Waals surface area contributed by atoms with Crippen LogP contribution in [0.25, 0.3) is 21.3 Å². The summed E-state index contributed by atoms with van der Waals surface area (Å²) in [6, 6.07) is 10.3. The number of nitrogen functional groups attached to an aromatic ring is 1. The maximum Gasteiger partial charge on any atom is 0.417 e. The summed E-state index contributed by atoms with van der Waals surface area (Å²) in [5.41, 5.74) is 8.38. The predicted octanol–water partition coefficient (Wildman–Crippen LogP) is 4.44. The molecule has 10 nitrogen and oxygen atoms in total. The molecule has 3 aromatic heterocycles. The molecule has 14 heteroatoms. The SMILES string of the molecule is Nc1c(C(=O)O)sc2nc(N3CCC(NCC(O)c4ccc(-c5ccc6c(c5)CC(=O)N6)cn4)CC3)cc(C(F)(F)F)c12. The number of nitrogens with two attached hydrogens (primary N) is 1. The van der Waals surface area contributed by atoms with Gasteiger partial charge in [0.1, 0.15) is 21.6 Å². The molecule has 1 aromatic carbocycles. The number of aromatic carboxylic acids is 1. The number of rotatable bonds is 7. The van der Waals surface area contributed by atoms with E-state index in [1.807, 2.05) is 24.3 Å². The maximum atomic E-state index is 13.9. The number of anilines is 3. The van der Waals surface area contributed by atoms with Crippen LogP contribution in [-0.2, 0) is 17.4 Å². The van der Waals surface area contributed by atoms with Crippen LogP contribution in [0.2, 0.25) is 0 Å². The lowest BCUT2D eigenvalue weighted by molar-refractivity contribution is -0.136. The van der Waals surface area contributed by atoms with Crippen molar-refractivity contribution in [3.8, 4) is 11.1 Å². The van der Waals surface area contributed by atoms with Crippen molar-refractivity contribution in [1.29, 1.82) is 0 Å². The molecule has 0 saturated carbocycles. The first-order chi connectivity index (χ1) is 20.5. The number of aromatic nitrogens is 2. The van der Waals surface area contributed by atoms with Crippen LogP contribution in [-0.4, -0.2) is 57.7 Å². The molecule has 4 aromatic rings. The van der Waals surface area contributed by atoms with E-state index in [9.17, 15) is 33.0 Å². The second-order valence-electron chi connectivity index (χ2n) is 10.6. The van der Waals surface area contributed by atoms with Crippen molar-refractivity contribution in [3.05, 3.63) is 64.3 Å². The molecule has 1 amide bonds. The average Bonchev–Trinajstić information content (AvgIpc) is 3.53. The third-order valence-electron chi connectivity index (χ3n) is 7.80. The van der Waals surface area contributed by atoms with Crippen molar-refractivity contribution in [2.24, 2.45) is 0 Å². The van der Waals surface area contributed by atoms with Crippen molar-refractivity contribution in [3.63, 3.8) is 0 Å². The minimum Gasteiger partial charge on any atom is -0.477 e. The van der Waals surface area contributed by atoms with Gasteiger partial charge < -0.3 is 31.5 Å². The Morgan fingerprint density at radius 2 is 1.93 bits per heavy atom. The van der Waals surface area contributed by atoms with Gasteiger partial charge in [-0.25, -0.2) is 9.78 Å². The van der Waals surface area contributed by atoms with Crippen LogP contribution in [0.5, 0.6) is 0 Å². The fourth-order valence-electron chi connectivity index (χ4n) is 5.53. The highest BCUT2D eigenvalue weighted by molar-refractivity contribution is 7.21. The number of carboxylic acids is 1. The van der Waals surface area contributed by atoms with Gasteiger partial charge in [0.05, 0.1) is 23.4 Å². The number of nitrogens with zero attached hydrogens (tertiary/aromatic N) is 3. The molecule has 0 bridgehead atoms. The Hall–Kier alpha value is -4.27. The second-order valence-corrected chi connectivity index (χ2v) is 11.6. The fourth-order valence-corrected chi connectivity index (χ4v) is 6.48. The van der Waals surface area contributed by atoms with Gasteiger partial charge >= 0.3 is 12.1 Å². The summed E-state index contributed by atoms with van der Waals surface area (Å²) in [6.45, 7) is 1.09. The maximum absolute atomic E-state index is 13.9. The Balaban J connectivity index is 1.07. The Bertz CT molecular complexity index is 1720. The van der Waals surface area contributed by atoms with Crippen LogP contribution >= 0.6 is 11.3 Å². The van der Waals surface area contributed by atoms with E-state index >= 15 is 0 Å². The third kappa shape index (κ3) is 5.72. The first-order valence-corrected chi connectivity index (χ1v) is 14.4. The van der Waals surface area contributed by atoms with E-state index in [4.69, 9.17) is 5.73 Å². The van der Waals surface area contributed by atoms with Crippen LogP contribution in [0, 0.1) is 0 Å². The average molecular weight is 613 g/mol. The summed E-state index contributed by atoms with van der Waals surface area (Å²) >= 11 is 0.631. The largest absolute Gasteiger partial charge is 0.477 e. The molecular weight excluding hydrogens is 585 g/mol. The smallest absolute Gasteiger partial charge is 0.417 e. The summed E-state index contributed by atoms with van der Waals surface area (Å²) < 4.78 is 41.7. The molecule has 1 unspecified atom stereocenters. The molecule has 6 rings (SSSR count). The Morgan fingerprint density at radius 1 is 1.19 bits per heavy atom. The number of aliphatic hydroxyl groups excluding tert-OH is 1. The molecule has 1 saturated heterocycles. The van der Waals surface area contributed by atoms with E-state index in [0.29, 0.717) is 49.4 Å². The van der Waals surface area contributed by atoms with E-state index in [2.05, 4.69) is 20.6 Å². The summed E-state index contributed by atoms with van der Waals surface area (Å²) in [7, 11) is 0. The number of benzene rings is 1. The zero-order valence-corrected chi connectivity index (χ0v) is 23.4. The number of hydrogen-bond acceptors (Lipinski definition) is 9. The molecule has 1 atom stereocenters.